The van der Waals surface area contributed by atoms with Gasteiger partial charge in [-0.05, 0) is 45.6 Å². The number of rotatable bonds is 6. The van der Waals surface area contributed by atoms with Crippen molar-refractivity contribution in [2.24, 2.45) is 0 Å². The van der Waals surface area contributed by atoms with Gasteiger partial charge in [0, 0.05) is 6.04 Å². The zero-order valence-corrected chi connectivity index (χ0v) is 10.2. The van der Waals surface area contributed by atoms with E-state index in [1.54, 1.807) is 6.92 Å². The first-order valence-electron chi connectivity index (χ1n) is 6.25. The Morgan fingerprint density at radius 3 is 2.56 bits per heavy atom. The summed E-state index contributed by atoms with van der Waals surface area (Å²) in [5, 5.41) is 12.2. The van der Waals surface area contributed by atoms with Crippen molar-refractivity contribution in [2.45, 2.75) is 64.2 Å². The average molecular weight is 229 g/mol. The molecule has 94 valence electrons. The molecule has 0 radical (unpaired) electrons. The fourth-order valence-electron chi connectivity index (χ4n) is 2.10. The van der Waals surface area contributed by atoms with Gasteiger partial charge in [0.25, 0.3) is 0 Å². The molecule has 0 aromatic carbocycles. The second kappa shape index (κ2) is 6.86. The third-order valence-corrected chi connectivity index (χ3v) is 3.10. The predicted molar refractivity (Wildman–Crippen MR) is 62.5 cm³/mol. The third kappa shape index (κ3) is 4.49. The SMILES string of the molecule is CCCNC1CCC(OC(C)C(=O)O)CC1. The minimum atomic E-state index is -0.869. The molecule has 1 fully saturated rings. The van der Waals surface area contributed by atoms with E-state index in [4.69, 9.17) is 9.84 Å². The maximum absolute atomic E-state index is 10.6. The highest BCUT2D eigenvalue weighted by Crippen LogP contribution is 2.22. The van der Waals surface area contributed by atoms with Crippen molar-refractivity contribution in [2.75, 3.05) is 6.54 Å². The van der Waals surface area contributed by atoms with Gasteiger partial charge in [0.2, 0.25) is 0 Å². The summed E-state index contributed by atoms with van der Waals surface area (Å²) >= 11 is 0. The van der Waals surface area contributed by atoms with Crippen molar-refractivity contribution in [3.63, 3.8) is 0 Å². The van der Waals surface area contributed by atoms with Crippen LogP contribution >= 0.6 is 0 Å². The van der Waals surface area contributed by atoms with Crippen LogP contribution in [-0.4, -0.2) is 35.9 Å². The Balaban J connectivity index is 2.19. The standard InChI is InChI=1S/C12H23NO3/c1-3-8-13-10-4-6-11(7-5-10)16-9(2)12(14)15/h9-11,13H,3-8H2,1-2H3,(H,14,15). The molecular weight excluding hydrogens is 206 g/mol. The molecule has 1 saturated carbocycles. The molecule has 1 rings (SSSR count). The van der Waals surface area contributed by atoms with Crippen LogP contribution < -0.4 is 5.32 Å². The zero-order chi connectivity index (χ0) is 12.0. The van der Waals surface area contributed by atoms with Crippen LogP contribution in [0, 0.1) is 0 Å². The molecule has 4 heteroatoms. The van der Waals surface area contributed by atoms with E-state index >= 15 is 0 Å². The first-order chi connectivity index (χ1) is 7.63. The van der Waals surface area contributed by atoms with E-state index in [1.807, 2.05) is 0 Å². The summed E-state index contributed by atoms with van der Waals surface area (Å²) in [7, 11) is 0. The lowest BCUT2D eigenvalue weighted by molar-refractivity contribution is -0.154. The van der Waals surface area contributed by atoms with Gasteiger partial charge >= 0.3 is 5.97 Å². The van der Waals surface area contributed by atoms with Gasteiger partial charge in [-0.25, -0.2) is 4.79 Å². The zero-order valence-electron chi connectivity index (χ0n) is 10.2. The fourth-order valence-corrected chi connectivity index (χ4v) is 2.10. The highest BCUT2D eigenvalue weighted by atomic mass is 16.5. The molecular formula is C12H23NO3. The van der Waals surface area contributed by atoms with E-state index in [9.17, 15) is 4.79 Å². The van der Waals surface area contributed by atoms with Gasteiger partial charge in [0.15, 0.2) is 6.10 Å². The van der Waals surface area contributed by atoms with E-state index in [0.29, 0.717) is 6.04 Å². The van der Waals surface area contributed by atoms with Crippen LogP contribution in [0.15, 0.2) is 0 Å². The molecule has 0 amide bonds. The summed E-state index contributed by atoms with van der Waals surface area (Å²) in [5.41, 5.74) is 0. The van der Waals surface area contributed by atoms with Crippen LogP contribution in [0.4, 0.5) is 0 Å². The van der Waals surface area contributed by atoms with Crippen LogP contribution in [0.5, 0.6) is 0 Å². The summed E-state index contributed by atoms with van der Waals surface area (Å²) in [5.74, 6) is -0.869. The molecule has 16 heavy (non-hydrogen) atoms. The number of nitrogens with one attached hydrogen (secondary N) is 1. The highest BCUT2D eigenvalue weighted by molar-refractivity contribution is 5.71. The van der Waals surface area contributed by atoms with Crippen molar-refractivity contribution in [3.8, 4) is 0 Å². The molecule has 0 bridgehead atoms. The van der Waals surface area contributed by atoms with E-state index in [-0.39, 0.29) is 6.10 Å². The molecule has 1 aliphatic carbocycles. The molecule has 4 nitrogen and oxygen atoms in total. The van der Waals surface area contributed by atoms with Crippen LogP contribution in [-0.2, 0) is 9.53 Å². The van der Waals surface area contributed by atoms with Crippen molar-refractivity contribution >= 4 is 5.97 Å². The lowest BCUT2D eigenvalue weighted by Gasteiger charge is -2.30. The van der Waals surface area contributed by atoms with Crippen molar-refractivity contribution in [1.82, 2.24) is 5.32 Å². The molecule has 2 N–H and O–H groups in total. The molecule has 1 atom stereocenters. The molecule has 0 aliphatic heterocycles. The van der Waals surface area contributed by atoms with Crippen LogP contribution in [0.1, 0.15) is 46.0 Å². The molecule has 1 aliphatic rings. The van der Waals surface area contributed by atoms with Crippen molar-refractivity contribution in [3.05, 3.63) is 0 Å². The number of ether oxygens (including phenoxy) is 1. The summed E-state index contributed by atoms with van der Waals surface area (Å²) in [6.07, 6.45) is 4.74. The minimum Gasteiger partial charge on any atom is -0.479 e. The van der Waals surface area contributed by atoms with Gasteiger partial charge in [0.1, 0.15) is 0 Å². The quantitative estimate of drug-likeness (QED) is 0.729. The Morgan fingerprint density at radius 2 is 2.06 bits per heavy atom. The predicted octanol–water partition coefficient (Wildman–Crippen LogP) is 1.79. The number of carboxylic acids is 1. The number of hydrogen-bond acceptors (Lipinski definition) is 3. The molecule has 0 aromatic heterocycles. The van der Waals surface area contributed by atoms with E-state index in [2.05, 4.69) is 12.2 Å². The normalized spacial score (nSPS) is 27.6. The maximum atomic E-state index is 10.6. The van der Waals surface area contributed by atoms with Gasteiger partial charge in [0.05, 0.1) is 6.10 Å². The summed E-state index contributed by atoms with van der Waals surface area (Å²) in [6, 6.07) is 0.597. The van der Waals surface area contributed by atoms with E-state index < -0.39 is 12.1 Å². The third-order valence-electron chi connectivity index (χ3n) is 3.10. The summed E-state index contributed by atoms with van der Waals surface area (Å²) < 4.78 is 5.48. The van der Waals surface area contributed by atoms with Gasteiger partial charge in [-0.3, -0.25) is 0 Å². The Labute approximate surface area is 97.4 Å². The van der Waals surface area contributed by atoms with E-state index in [0.717, 1.165) is 38.6 Å². The number of aliphatic carboxylic acids is 1. The Bertz CT molecular complexity index is 212. The maximum Gasteiger partial charge on any atom is 0.332 e. The molecule has 1 unspecified atom stereocenters. The number of hydrogen-bond donors (Lipinski definition) is 2. The van der Waals surface area contributed by atoms with Crippen molar-refractivity contribution in [1.29, 1.82) is 0 Å². The largest absolute Gasteiger partial charge is 0.479 e. The minimum absolute atomic E-state index is 0.130. The second-order valence-electron chi connectivity index (χ2n) is 4.54. The lowest BCUT2D eigenvalue weighted by Crippen LogP contribution is -2.37. The van der Waals surface area contributed by atoms with Gasteiger partial charge in [-0.15, -0.1) is 0 Å². The van der Waals surface area contributed by atoms with Gasteiger partial charge in [-0.2, -0.15) is 0 Å². The van der Waals surface area contributed by atoms with Crippen LogP contribution in [0.2, 0.25) is 0 Å². The number of carbonyl (C=O) groups is 1. The smallest absolute Gasteiger partial charge is 0.332 e. The van der Waals surface area contributed by atoms with Crippen molar-refractivity contribution < 1.29 is 14.6 Å². The molecule has 0 aromatic rings. The first kappa shape index (κ1) is 13.5. The Morgan fingerprint density at radius 1 is 1.44 bits per heavy atom. The van der Waals surface area contributed by atoms with Crippen LogP contribution in [0.3, 0.4) is 0 Å². The molecule has 0 heterocycles. The monoisotopic (exact) mass is 229 g/mol. The second-order valence-corrected chi connectivity index (χ2v) is 4.54. The Kier molecular flexibility index (Phi) is 5.77. The lowest BCUT2D eigenvalue weighted by atomic mass is 9.93. The van der Waals surface area contributed by atoms with E-state index in [1.165, 1.54) is 0 Å². The number of carboxylic acid groups (broad SMARTS) is 1. The summed E-state index contributed by atoms with van der Waals surface area (Å²) in [4.78, 5) is 10.6. The topological polar surface area (TPSA) is 58.6 Å². The fraction of sp³-hybridized carbons (Fsp3) is 0.917. The van der Waals surface area contributed by atoms with Crippen LogP contribution in [0.25, 0.3) is 0 Å². The average Bonchev–Trinajstić information content (AvgIpc) is 2.28. The molecule has 0 saturated heterocycles. The molecule has 0 spiro atoms. The summed E-state index contributed by atoms with van der Waals surface area (Å²) in [6.45, 7) is 4.84. The first-order valence-corrected chi connectivity index (χ1v) is 6.25. The highest BCUT2D eigenvalue weighted by Gasteiger charge is 2.24. The Hall–Kier alpha value is -0.610. The van der Waals surface area contributed by atoms with Gasteiger partial charge in [-0.1, -0.05) is 6.92 Å². The van der Waals surface area contributed by atoms with Gasteiger partial charge < -0.3 is 15.2 Å².